The quantitative estimate of drug-likeness (QED) is 0.474. The first-order valence-corrected chi connectivity index (χ1v) is 9.96. The minimum Gasteiger partial charge on any atom is -0.461 e. The fourth-order valence-electron chi connectivity index (χ4n) is 3.36. The molecule has 7 heteroatoms. The van der Waals surface area contributed by atoms with Gasteiger partial charge in [0, 0.05) is 24.4 Å². The summed E-state index contributed by atoms with van der Waals surface area (Å²) in [7, 11) is 0. The molecule has 4 aromatic rings. The largest absolute Gasteiger partial charge is 0.461 e. The summed E-state index contributed by atoms with van der Waals surface area (Å²) < 4.78 is 6.65. The van der Waals surface area contributed by atoms with Gasteiger partial charge in [-0.1, -0.05) is 42.5 Å². The monoisotopic (exact) mass is 411 g/mol. The normalized spacial score (nSPS) is 10.6. The van der Waals surface area contributed by atoms with Gasteiger partial charge in [0.2, 0.25) is 0 Å². The molecule has 0 aliphatic heterocycles. The Bertz CT molecular complexity index is 1290. The number of carbonyl (C=O) groups is 1. The van der Waals surface area contributed by atoms with Crippen LogP contribution in [0.1, 0.15) is 34.2 Å². The number of ether oxygens (including phenoxy) is 1. The van der Waals surface area contributed by atoms with Crippen molar-refractivity contribution in [2.75, 3.05) is 11.9 Å². The molecule has 0 spiro atoms. The molecule has 0 bridgehead atoms. The van der Waals surface area contributed by atoms with Crippen LogP contribution >= 0.6 is 0 Å². The van der Waals surface area contributed by atoms with Crippen LogP contribution in [-0.2, 0) is 11.3 Å². The van der Waals surface area contributed by atoms with Crippen molar-refractivity contribution in [1.82, 2.24) is 14.6 Å². The zero-order valence-corrected chi connectivity index (χ0v) is 17.3. The lowest BCUT2D eigenvalue weighted by atomic mass is 9.99. The Balaban J connectivity index is 1.55. The lowest BCUT2D eigenvalue weighted by Gasteiger charge is -2.10. The maximum absolute atomic E-state index is 12.0. The third-order valence-electron chi connectivity index (χ3n) is 4.83. The molecular weight excluding hydrogens is 390 g/mol. The van der Waals surface area contributed by atoms with Gasteiger partial charge in [-0.25, -0.2) is 9.78 Å². The molecule has 4 rings (SSSR count). The van der Waals surface area contributed by atoms with Crippen molar-refractivity contribution in [3.05, 3.63) is 83.2 Å². The van der Waals surface area contributed by atoms with Gasteiger partial charge in [-0.05, 0) is 36.6 Å². The molecule has 0 fully saturated rings. The highest BCUT2D eigenvalue weighted by Crippen LogP contribution is 2.24. The molecule has 0 saturated carbocycles. The number of carbonyl (C=O) groups excluding carboxylic acids is 1. The maximum atomic E-state index is 12.0. The van der Waals surface area contributed by atoms with Gasteiger partial charge in [-0.15, -0.1) is 0 Å². The predicted molar refractivity (Wildman–Crippen MR) is 118 cm³/mol. The zero-order valence-electron chi connectivity index (χ0n) is 17.3. The smallest absolute Gasteiger partial charge is 0.358 e. The number of fused-ring (bicyclic) bond motifs is 1. The SMILES string of the molecule is CCOC(=O)c1cc2nc(C)cc(NCc3ccc(-c4ccccc4C#N)cc3)n2n1. The van der Waals surface area contributed by atoms with Crippen molar-refractivity contribution in [1.29, 1.82) is 5.26 Å². The van der Waals surface area contributed by atoms with E-state index in [1.807, 2.05) is 61.5 Å². The number of anilines is 1. The van der Waals surface area contributed by atoms with E-state index in [-0.39, 0.29) is 5.69 Å². The predicted octanol–water partition coefficient (Wildman–Crippen LogP) is 4.37. The molecule has 0 amide bonds. The molecule has 0 saturated heterocycles. The molecule has 154 valence electrons. The second kappa shape index (κ2) is 8.67. The number of nitrogens with zero attached hydrogens (tertiary/aromatic N) is 4. The third-order valence-corrected chi connectivity index (χ3v) is 4.83. The van der Waals surface area contributed by atoms with E-state index in [4.69, 9.17) is 4.74 Å². The Labute approximate surface area is 179 Å². The number of nitrogens with one attached hydrogen (secondary N) is 1. The second-order valence-corrected chi connectivity index (χ2v) is 7.01. The molecule has 2 aromatic heterocycles. The Morgan fingerprint density at radius 3 is 2.68 bits per heavy atom. The van der Waals surface area contributed by atoms with E-state index in [1.165, 1.54) is 0 Å². The van der Waals surface area contributed by atoms with E-state index in [0.717, 1.165) is 28.2 Å². The Kier molecular flexibility index (Phi) is 5.63. The van der Waals surface area contributed by atoms with Gasteiger partial charge in [-0.2, -0.15) is 14.9 Å². The average Bonchev–Trinajstić information content (AvgIpc) is 3.22. The van der Waals surface area contributed by atoms with Crippen molar-refractivity contribution in [2.45, 2.75) is 20.4 Å². The zero-order chi connectivity index (χ0) is 21.8. The molecule has 0 radical (unpaired) electrons. The summed E-state index contributed by atoms with van der Waals surface area (Å²) in [5.41, 5.74) is 5.25. The molecule has 2 aromatic carbocycles. The van der Waals surface area contributed by atoms with Gasteiger partial charge >= 0.3 is 5.97 Å². The second-order valence-electron chi connectivity index (χ2n) is 7.01. The Morgan fingerprint density at radius 2 is 1.94 bits per heavy atom. The fourth-order valence-corrected chi connectivity index (χ4v) is 3.36. The van der Waals surface area contributed by atoms with Crippen LogP contribution < -0.4 is 5.32 Å². The Hall–Kier alpha value is -4.18. The number of nitriles is 1. The van der Waals surface area contributed by atoms with E-state index < -0.39 is 5.97 Å². The molecule has 1 N–H and O–H groups in total. The highest BCUT2D eigenvalue weighted by Gasteiger charge is 2.15. The van der Waals surface area contributed by atoms with Crippen LogP contribution in [0.3, 0.4) is 0 Å². The summed E-state index contributed by atoms with van der Waals surface area (Å²) in [4.78, 5) is 16.5. The van der Waals surface area contributed by atoms with Crippen molar-refractivity contribution in [2.24, 2.45) is 0 Å². The van der Waals surface area contributed by atoms with E-state index in [0.29, 0.717) is 24.4 Å². The van der Waals surface area contributed by atoms with Crippen LogP contribution in [0.25, 0.3) is 16.8 Å². The van der Waals surface area contributed by atoms with Gasteiger partial charge in [0.25, 0.3) is 0 Å². The first-order valence-electron chi connectivity index (χ1n) is 9.96. The first-order chi connectivity index (χ1) is 15.1. The van der Waals surface area contributed by atoms with E-state index in [9.17, 15) is 10.1 Å². The van der Waals surface area contributed by atoms with Gasteiger partial charge in [-0.3, -0.25) is 0 Å². The summed E-state index contributed by atoms with van der Waals surface area (Å²) in [6, 6.07) is 21.3. The minimum atomic E-state index is -0.468. The van der Waals surface area contributed by atoms with Gasteiger partial charge in [0.05, 0.1) is 18.2 Å². The fraction of sp³-hybridized carbons (Fsp3) is 0.167. The number of esters is 1. The number of rotatable bonds is 6. The van der Waals surface area contributed by atoms with Crippen molar-refractivity contribution in [3.63, 3.8) is 0 Å². The molecule has 0 aliphatic rings. The van der Waals surface area contributed by atoms with Gasteiger partial charge < -0.3 is 10.1 Å². The average molecular weight is 411 g/mol. The number of aromatic nitrogens is 3. The van der Waals surface area contributed by atoms with Crippen molar-refractivity contribution in [3.8, 4) is 17.2 Å². The standard InChI is InChI=1S/C24H21N5O2/c1-3-31-24(30)21-13-23-27-16(2)12-22(29(23)28-21)26-15-17-8-10-18(11-9-17)20-7-5-4-6-19(20)14-25/h4-13,26H,3,15H2,1-2H3. The Morgan fingerprint density at radius 1 is 1.16 bits per heavy atom. The highest BCUT2D eigenvalue weighted by molar-refractivity contribution is 5.88. The van der Waals surface area contributed by atoms with Gasteiger partial charge in [0.15, 0.2) is 11.3 Å². The van der Waals surface area contributed by atoms with E-state index in [2.05, 4.69) is 21.5 Å². The van der Waals surface area contributed by atoms with Crippen molar-refractivity contribution >= 4 is 17.4 Å². The highest BCUT2D eigenvalue weighted by atomic mass is 16.5. The molecule has 0 atom stereocenters. The van der Waals surface area contributed by atoms with Crippen LogP contribution in [0.15, 0.2) is 60.7 Å². The number of hydrogen-bond donors (Lipinski definition) is 1. The lowest BCUT2D eigenvalue weighted by Crippen LogP contribution is -2.08. The molecular formula is C24H21N5O2. The maximum Gasteiger partial charge on any atom is 0.358 e. The summed E-state index contributed by atoms with van der Waals surface area (Å²) in [6.07, 6.45) is 0. The summed E-state index contributed by atoms with van der Waals surface area (Å²) >= 11 is 0. The first kappa shape index (κ1) is 20.1. The van der Waals surface area contributed by atoms with E-state index in [1.54, 1.807) is 17.5 Å². The third kappa shape index (κ3) is 4.23. The summed E-state index contributed by atoms with van der Waals surface area (Å²) in [6.45, 7) is 4.50. The minimum absolute atomic E-state index is 0.225. The van der Waals surface area contributed by atoms with Crippen LogP contribution in [0, 0.1) is 18.3 Å². The topological polar surface area (TPSA) is 92.3 Å². The number of benzene rings is 2. The molecule has 0 aliphatic carbocycles. The van der Waals surface area contributed by atoms with Crippen LogP contribution in [0.2, 0.25) is 0 Å². The van der Waals surface area contributed by atoms with Crippen LogP contribution in [0.4, 0.5) is 5.82 Å². The molecule has 0 unspecified atom stereocenters. The molecule has 7 nitrogen and oxygen atoms in total. The molecule has 2 heterocycles. The van der Waals surface area contributed by atoms with E-state index >= 15 is 0 Å². The van der Waals surface area contributed by atoms with Crippen LogP contribution in [-0.4, -0.2) is 27.2 Å². The van der Waals surface area contributed by atoms with Gasteiger partial charge in [0.1, 0.15) is 5.82 Å². The summed E-state index contributed by atoms with van der Waals surface area (Å²) in [5, 5.41) is 17.0. The molecule has 31 heavy (non-hydrogen) atoms. The summed E-state index contributed by atoms with van der Waals surface area (Å²) in [5.74, 6) is 0.266. The number of aryl methyl sites for hydroxylation is 1. The lowest BCUT2D eigenvalue weighted by molar-refractivity contribution is 0.0519. The van der Waals surface area contributed by atoms with Crippen LogP contribution in [0.5, 0.6) is 0 Å². The number of hydrogen-bond acceptors (Lipinski definition) is 6. The van der Waals surface area contributed by atoms with Crippen molar-refractivity contribution < 1.29 is 9.53 Å².